The van der Waals surface area contributed by atoms with Gasteiger partial charge in [0.25, 0.3) is 5.91 Å². The summed E-state index contributed by atoms with van der Waals surface area (Å²) in [5.74, 6) is 0.537. The van der Waals surface area contributed by atoms with Crippen LogP contribution in [0.2, 0.25) is 0 Å². The number of aromatic nitrogens is 1. The molecule has 4 rings (SSSR count). The van der Waals surface area contributed by atoms with Crippen LogP contribution in [0, 0.1) is 0 Å². The Morgan fingerprint density at radius 2 is 1.74 bits per heavy atom. The standard InChI is InChI=1S/C26H23N3O2/c1-2-16-31-21-14-12-19(13-15-21)18-27-29-26(30)23-17-25(20-8-4-3-5-9-20)28-24-11-7-6-10-22(23)24/h3-15,17-18H,2,16H2,1H3,(H,29,30)/b27-18+. The third-order valence-electron chi connectivity index (χ3n) is 4.76. The minimum Gasteiger partial charge on any atom is -0.494 e. The van der Waals surface area contributed by atoms with Crippen LogP contribution in [0.5, 0.6) is 5.75 Å². The second kappa shape index (κ2) is 9.67. The molecule has 3 aromatic carbocycles. The van der Waals surface area contributed by atoms with E-state index in [-0.39, 0.29) is 5.91 Å². The topological polar surface area (TPSA) is 63.6 Å². The Morgan fingerprint density at radius 3 is 2.52 bits per heavy atom. The van der Waals surface area contributed by atoms with Crippen molar-refractivity contribution in [2.45, 2.75) is 13.3 Å². The Morgan fingerprint density at radius 1 is 1.00 bits per heavy atom. The van der Waals surface area contributed by atoms with Crippen LogP contribution in [-0.2, 0) is 0 Å². The fraction of sp³-hybridized carbons (Fsp3) is 0.115. The van der Waals surface area contributed by atoms with Gasteiger partial charge in [0.05, 0.1) is 29.6 Å². The SMILES string of the molecule is CCCOc1ccc(/C=N/NC(=O)c2cc(-c3ccccc3)nc3ccccc23)cc1. The molecule has 0 radical (unpaired) electrons. The lowest BCUT2D eigenvalue weighted by Crippen LogP contribution is -2.18. The van der Waals surface area contributed by atoms with Crippen molar-refractivity contribution < 1.29 is 9.53 Å². The smallest absolute Gasteiger partial charge is 0.272 e. The first kappa shape index (κ1) is 20.3. The minimum absolute atomic E-state index is 0.282. The van der Waals surface area contributed by atoms with E-state index in [1.165, 1.54) is 0 Å². The highest BCUT2D eigenvalue weighted by atomic mass is 16.5. The molecule has 0 aliphatic rings. The molecule has 0 fully saturated rings. The zero-order chi connectivity index (χ0) is 21.5. The molecule has 0 unspecified atom stereocenters. The van der Waals surface area contributed by atoms with Gasteiger partial charge in [0.15, 0.2) is 0 Å². The van der Waals surface area contributed by atoms with Gasteiger partial charge in [0.2, 0.25) is 0 Å². The highest BCUT2D eigenvalue weighted by molar-refractivity contribution is 6.07. The molecule has 0 saturated heterocycles. The number of hydrogen-bond donors (Lipinski definition) is 1. The molecule has 0 saturated carbocycles. The summed E-state index contributed by atoms with van der Waals surface area (Å²) < 4.78 is 5.58. The molecule has 0 aliphatic carbocycles. The summed E-state index contributed by atoms with van der Waals surface area (Å²) in [7, 11) is 0. The van der Waals surface area contributed by atoms with Crippen LogP contribution in [0.15, 0.2) is 90.0 Å². The normalized spacial score (nSPS) is 11.0. The number of carbonyl (C=O) groups is 1. The van der Waals surface area contributed by atoms with E-state index < -0.39 is 0 Å². The summed E-state index contributed by atoms with van der Waals surface area (Å²) in [4.78, 5) is 17.6. The Balaban J connectivity index is 1.55. The van der Waals surface area contributed by atoms with Gasteiger partial charge in [0, 0.05) is 10.9 Å². The first-order valence-corrected chi connectivity index (χ1v) is 10.3. The van der Waals surface area contributed by atoms with E-state index in [0.29, 0.717) is 12.2 Å². The number of amides is 1. The van der Waals surface area contributed by atoms with Crippen molar-refractivity contribution >= 4 is 23.0 Å². The van der Waals surface area contributed by atoms with Gasteiger partial charge in [-0.15, -0.1) is 0 Å². The van der Waals surface area contributed by atoms with Crippen LogP contribution in [0.4, 0.5) is 0 Å². The van der Waals surface area contributed by atoms with Gasteiger partial charge in [-0.2, -0.15) is 5.10 Å². The molecule has 5 nitrogen and oxygen atoms in total. The van der Waals surface area contributed by atoms with E-state index >= 15 is 0 Å². The van der Waals surface area contributed by atoms with Crippen LogP contribution in [0.3, 0.4) is 0 Å². The number of carbonyl (C=O) groups excluding carboxylic acids is 1. The highest BCUT2D eigenvalue weighted by Gasteiger charge is 2.13. The van der Waals surface area contributed by atoms with E-state index in [2.05, 4.69) is 17.5 Å². The van der Waals surface area contributed by atoms with Crippen molar-refractivity contribution in [2.24, 2.45) is 5.10 Å². The van der Waals surface area contributed by atoms with Gasteiger partial charge < -0.3 is 4.74 Å². The molecule has 154 valence electrons. The molecule has 0 spiro atoms. The molecule has 1 amide bonds. The fourth-order valence-corrected chi connectivity index (χ4v) is 3.22. The number of nitrogens with one attached hydrogen (secondary N) is 1. The summed E-state index contributed by atoms with van der Waals surface area (Å²) >= 11 is 0. The molecule has 0 atom stereocenters. The van der Waals surface area contributed by atoms with Crippen LogP contribution >= 0.6 is 0 Å². The van der Waals surface area contributed by atoms with Crippen LogP contribution < -0.4 is 10.2 Å². The maximum absolute atomic E-state index is 12.9. The lowest BCUT2D eigenvalue weighted by atomic mass is 10.0. The molecule has 1 N–H and O–H groups in total. The van der Waals surface area contributed by atoms with Gasteiger partial charge in [-0.25, -0.2) is 10.4 Å². The average molecular weight is 409 g/mol. The monoisotopic (exact) mass is 409 g/mol. The van der Waals surface area contributed by atoms with Gasteiger partial charge in [-0.1, -0.05) is 55.5 Å². The van der Waals surface area contributed by atoms with E-state index in [4.69, 9.17) is 9.72 Å². The minimum atomic E-state index is -0.282. The largest absolute Gasteiger partial charge is 0.494 e. The maximum atomic E-state index is 12.9. The second-order valence-corrected chi connectivity index (χ2v) is 7.05. The molecule has 5 heteroatoms. The molecule has 1 heterocycles. The molecule has 4 aromatic rings. The van der Waals surface area contributed by atoms with E-state index in [1.807, 2.05) is 84.9 Å². The van der Waals surface area contributed by atoms with E-state index in [9.17, 15) is 4.79 Å². The predicted molar refractivity (Wildman–Crippen MR) is 124 cm³/mol. The molecule has 0 aliphatic heterocycles. The van der Waals surface area contributed by atoms with Crippen molar-refractivity contribution in [3.05, 3.63) is 96.1 Å². The Kier molecular flexibility index (Phi) is 6.33. The van der Waals surface area contributed by atoms with Crippen molar-refractivity contribution in [3.63, 3.8) is 0 Å². The summed E-state index contributed by atoms with van der Waals surface area (Å²) in [5, 5.41) is 4.92. The lowest BCUT2D eigenvalue weighted by Gasteiger charge is -2.09. The van der Waals surface area contributed by atoms with E-state index in [1.54, 1.807) is 6.21 Å². The third-order valence-corrected chi connectivity index (χ3v) is 4.76. The van der Waals surface area contributed by atoms with Crippen LogP contribution in [0.25, 0.3) is 22.2 Å². The van der Waals surface area contributed by atoms with E-state index in [0.717, 1.165) is 39.9 Å². The summed E-state index contributed by atoms with van der Waals surface area (Å²) in [5.41, 5.74) is 6.51. The summed E-state index contributed by atoms with van der Waals surface area (Å²) in [6.45, 7) is 2.76. The number of ether oxygens (including phenoxy) is 1. The summed E-state index contributed by atoms with van der Waals surface area (Å²) in [6.07, 6.45) is 2.58. The number of hydrazone groups is 1. The van der Waals surface area contributed by atoms with Crippen molar-refractivity contribution in [1.29, 1.82) is 0 Å². The lowest BCUT2D eigenvalue weighted by molar-refractivity contribution is 0.0956. The molecule has 1 aromatic heterocycles. The maximum Gasteiger partial charge on any atom is 0.272 e. The first-order chi connectivity index (χ1) is 15.2. The molecule has 31 heavy (non-hydrogen) atoms. The number of pyridine rings is 1. The Labute approximate surface area is 181 Å². The predicted octanol–water partition coefficient (Wildman–Crippen LogP) is 5.45. The van der Waals surface area contributed by atoms with Crippen molar-refractivity contribution in [2.75, 3.05) is 6.61 Å². The second-order valence-electron chi connectivity index (χ2n) is 7.05. The number of benzene rings is 3. The van der Waals surface area contributed by atoms with Gasteiger partial charge >= 0.3 is 0 Å². The van der Waals surface area contributed by atoms with Crippen molar-refractivity contribution in [1.82, 2.24) is 10.4 Å². The number of para-hydroxylation sites is 1. The van der Waals surface area contributed by atoms with Crippen LogP contribution in [0.1, 0.15) is 29.3 Å². The molecule has 0 bridgehead atoms. The summed E-state index contributed by atoms with van der Waals surface area (Å²) in [6, 6.07) is 26.8. The number of fused-ring (bicyclic) bond motifs is 1. The number of nitrogens with zero attached hydrogens (tertiary/aromatic N) is 2. The van der Waals surface area contributed by atoms with Gasteiger partial charge in [-0.05, 0) is 48.4 Å². The molecular weight excluding hydrogens is 386 g/mol. The Bertz CT molecular complexity index is 1200. The third kappa shape index (κ3) is 4.95. The molecular formula is C26H23N3O2. The Hall–Kier alpha value is -3.99. The number of rotatable bonds is 7. The zero-order valence-corrected chi connectivity index (χ0v) is 17.3. The highest BCUT2D eigenvalue weighted by Crippen LogP contribution is 2.24. The van der Waals surface area contributed by atoms with Gasteiger partial charge in [-0.3, -0.25) is 4.79 Å². The average Bonchev–Trinajstić information content (AvgIpc) is 2.83. The first-order valence-electron chi connectivity index (χ1n) is 10.3. The van der Waals surface area contributed by atoms with Crippen molar-refractivity contribution in [3.8, 4) is 17.0 Å². The van der Waals surface area contributed by atoms with Gasteiger partial charge in [0.1, 0.15) is 5.75 Å². The zero-order valence-electron chi connectivity index (χ0n) is 17.3. The fourth-order valence-electron chi connectivity index (χ4n) is 3.22. The quantitative estimate of drug-likeness (QED) is 0.326. The number of hydrogen-bond acceptors (Lipinski definition) is 4. The van der Waals surface area contributed by atoms with Crippen LogP contribution in [-0.4, -0.2) is 23.7 Å².